The van der Waals surface area contributed by atoms with E-state index >= 15 is 0 Å². The summed E-state index contributed by atoms with van der Waals surface area (Å²) in [5.41, 5.74) is 1.07. The van der Waals surface area contributed by atoms with Crippen LogP contribution in [0.4, 0.5) is 11.4 Å². The van der Waals surface area contributed by atoms with Crippen LogP contribution in [0.5, 0.6) is 0 Å². The first-order chi connectivity index (χ1) is 14.5. The minimum Gasteiger partial charge on any atom is -0.347 e. The van der Waals surface area contributed by atoms with Crippen molar-refractivity contribution in [3.63, 3.8) is 0 Å². The summed E-state index contributed by atoms with van der Waals surface area (Å²) in [6.45, 7) is 0.243. The molecule has 0 radical (unpaired) electrons. The molecule has 1 aromatic carbocycles. The number of amides is 2. The number of nitro benzene ring substituents is 1. The van der Waals surface area contributed by atoms with Gasteiger partial charge in [-0.2, -0.15) is 4.98 Å². The molecule has 2 amide bonds. The average Bonchev–Trinajstić information content (AvgIpc) is 3.46. The average molecular weight is 442 g/mol. The number of carbonyl (C=O) groups excluding carboxylic acids is 2. The fraction of sp³-hybridized carbons (Fsp3) is 0.111. The van der Waals surface area contributed by atoms with E-state index in [-0.39, 0.29) is 12.2 Å². The third kappa shape index (κ3) is 4.18. The molecule has 0 aliphatic heterocycles. The maximum atomic E-state index is 12.0. The molecular formula is C18H14N6O4S2. The fourth-order valence-electron chi connectivity index (χ4n) is 2.65. The van der Waals surface area contributed by atoms with Gasteiger partial charge in [-0.3, -0.25) is 19.7 Å². The van der Waals surface area contributed by atoms with Crippen molar-refractivity contribution in [2.45, 2.75) is 6.42 Å². The van der Waals surface area contributed by atoms with E-state index in [1.165, 1.54) is 35.6 Å². The zero-order valence-corrected chi connectivity index (χ0v) is 16.9. The Balaban J connectivity index is 1.32. The van der Waals surface area contributed by atoms with Crippen molar-refractivity contribution in [3.8, 4) is 10.7 Å². The Morgan fingerprint density at radius 2 is 1.93 bits per heavy atom. The third-order valence-corrected chi connectivity index (χ3v) is 5.83. The predicted molar refractivity (Wildman–Crippen MR) is 113 cm³/mol. The van der Waals surface area contributed by atoms with Crippen LogP contribution in [-0.2, 0) is 16.0 Å². The number of hydrogen-bond acceptors (Lipinski definition) is 8. The van der Waals surface area contributed by atoms with Gasteiger partial charge in [0.1, 0.15) is 0 Å². The van der Waals surface area contributed by atoms with Crippen LogP contribution in [0.15, 0.2) is 47.2 Å². The molecule has 0 unspecified atom stereocenters. The smallest absolute Gasteiger partial charge is 0.313 e. The highest BCUT2D eigenvalue weighted by atomic mass is 32.1. The molecule has 4 rings (SSSR count). The van der Waals surface area contributed by atoms with E-state index in [9.17, 15) is 19.7 Å². The largest absolute Gasteiger partial charge is 0.347 e. The molecule has 0 fully saturated rings. The lowest BCUT2D eigenvalue weighted by Gasteiger charge is -2.06. The number of carbonyl (C=O) groups is 2. The normalized spacial score (nSPS) is 10.8. The molecule has 3 heterocycles. The minimum atomic E-state index is -0.847. The molecule has 0 saturated carbocycles. The number of anilines is 1. The Bertz CT molecular complexity index is 1210. The Morgan fingerprint density at radius 3 is 2.63 bits per heavy atom. The summed E-state index contributed by atoms with van der Waals surface area (Å²) in [5.74, 6) is -0.984. The van der Waals surface area contributed by atoms with Crippen molar-refractivity contribution in [3.05, 3.63) is 63.0 Å². The Kier molecular flexibility index (Phi) is 5.50. The lowest BCUT2D eigenvalue weighted by Crippen LogP contribution is -2.36. The molecule has 0 bridgehead atoms. The van der Waals surface area contributed by atoms with E-state index in [0.717, 1.165) is 15.5 Å². The van der Waals surface area contributed by atoms with Gasteiger partial charge in [0.2, 0.25) is 4.96 Å². The number of rotatable bonds is 6. The fourth-order valence-corrected chi connectivity index (χ4v) is 4.15. The van der Waals surface area contributed by atoms with Gasteiger partial charge in [0.05, 0.1) is 15.5 Å². The van der Waals surface area contributed by atoms with Gasteiger partial charge >= 0.3 is 11.8 Å². The molecule has 0 aliphatic carbocycles. The van der Waals surface area contributed by atoms with E-state index in [0.29, 0.717) is 17.9 Å². The number of fused-ring (bicyclic) bond motifs is 1. The molecule has 10 nitrogen and oxygen atoms in total. The van der Waals surface area contributed by atoms with Crippen LogP contribution in [0.3, 0.4) is 0 Å². The van der Waals surface area contributed by atoms with Gasteiger partial charge in [0.25, 0.3) is 5.69 Å². The number of hydrogen-bond donors (Lipinski definition) is 2. The summed E-state index contributed by atoms with van der Waals surface area (Å²) < 4.78 is 1.74. The van der Waals surface area contributed by atoms with Crippen molar-refractivity contribution >= 4 is 50.8 Å². The monoisotopic (exact) mass is 442 g/mol. The lowest BCUT2D eigenvalue weighted by molar-refractivity contribution is -0.384. The van der Waals surface area contributed by atoms with Crippen LogP contribution in [0.25, 0.3) is 15.7 Å². The summed E-state index contributed by atoms with van der Waals surface area (Å²) in [6.07, 6.45) is 0.476. The van der Waals surface area contributed by atoms with Crippen LogP contribution in [0, 0.1) is 10.1 Å². The standard InChI is InChI=1S/C18H14N6O4S2/c25-16(17(26)20-11-3-5-12(6-4-11)24(27)28)19-8-7-13-10-30-18-21-15(22-23(13)18)14-2-1-9-29-14/h1-6,9-10H,7-8H2,(H,19,25)(H,20,26). The maximum Gasteiger partial charge on any atom is 0.313 e. The highest BCUT2D eigenvalue weighted by Gasteiger charge is 2.16. The molecule has 0 spiro atoms. The molecule has 0 saturated heterocycles. The number of thiazole rings is 1. The number of benzene rings is 1. The van der Waals surface area contributed by atoms with Gasteiger partial charge in [-0.1, -0.05) is 6.07 Å². The van der Waals surface area contributed by atoms with Gasteiger partial charge in [-0.15, -0.1) is 27.8 Å². The molecule has 4 aromatic rings. The zero-order valence-electron chi connectivity index (χ0n) is 15.3. The van der Waals surface area contributed by atoms with Crippen LogP contribution >= 0.6 is 22.7 Å². The van der Waals surface area contributed by atoms with Gasteiger partial charge in [0.15, 0.2) is 5.82 Å². The SMILES string of the molecule is O=C(NCCc1csc2nc(-c3cccs3)nn12)C(=O)Nc1ccc([N+](=O)[O-])cc1. The highest BCUT2D eigenvalue weighted by molar-refractivity contribution is 7.15. The number of nitro groups is 1. The van der Waals surface area contributed by atoms with Crippen LogP contribution in [0.2, 0.25) is 0 Å². The molecule has 12 heteroatoms. The highest BCUT2D eigenvalue weighted by Crippen LogP contribution is 2.24. The Morgan fingerprint density at radius 1 is 1.13 bits per heavy atom. The third-order valence-electron chi connectivity index (χ3n) is 4.10. The van der Waals surface area contributed by atoms with Crippen molar-refractivity contribution in [2.24, 2.45) is 0 Å². The number of nitrogens with zero attached hydrogens (tertiary/aromatic N) is 4. The molecular weight excluding hydrogens is 428 g/mol. The molecule has 3 aromatic heterocycles. The molecule has 152 valence electrons. The first-order valence-corrected chi connectivity index (χ1v) is 10.5. The lowest BCUT2D eigenvalue weighted by atomic mass is 10.3. The van der Waals surface area contributed by atoms with Crippen LogP contribution in [0.1, 0.15) is 5.69 Å². The number of nitrogens with one attached hydrogen (secondary N) is 2. The van der Waals surface area contributed by atoms with Crippen molar-refractivity contribution in [1.29, 1.82) is 0 Å². The maximum absolute atomic E-state index is 12.0. The second kappa shape index (κ2) is 8.39. The summed E-state index contributed by atoms with van der Waals surface area (Å²) in [6, 6.07) is 9.11. The second-order valence-corrected chi connectivity index (χ2v) is 7.88. The summed E-state index contributed by atoms with van der Waals surface area (Å²) in [4.78, 5) is 40.3. The number of thiophene rings is 1. The van der Waals surface area contributed by atoms with Gasteiger partial charge in [-0.25, -0.2) is 4.52 Å². The zero-order chi connectivity index (χ0) is 21.1. The molecule has 2 N–H and O–H groups in total. The van der Waals surface area contributed by atoms with Crippen molar-refractivity contribution in [2.75, 3.05) is 11.9 Å². The van der Waals surface area contributed by atoms with Crippen LogP contribution < -0.4 is 10.6 Å². The summed E-state index contributed by atoms with van der Waals surface area (Å²) >= 11 is 3.02. The molecule has 0 aliphatic rings. The van der Waals surface area contributed by atoms with Crippen LogP contribution in [-0.4, -0.2) is 37.9 Å². The number of aromatic nitrogens is 3. The number of non-ortho nitro benzene ring substituents is 1. The first kappa shape index (κ1) is 19.7. The van der Waals surface area contributed by atoms with E-state index < -0.39 is 16.7 Å². The topological polar surface area (TPSA) is 132 Å². The van der Waals surface area contributed by atoms with Gasteiger partial charge in [-0.05, 0) is 23.6 Å². The molecule has 30 heavy (non-hydrogen) atoms. The summed E-state index contributed by atoms with van der Waals surface area (Å²) in [5, 5.41) is 24.0. The van der Waals surface area contributed by atoms with Gasteiger partial charge in [0, 0.05) is 36.2 Å². The van der Waals surface area contributed by atoms with Crippen molar-refractivity contribution in [1.82, 2.24) is 19.9 Å². The summed E-state index contributed by atoms with van der Waals surface area (Å²) in [7, 11) is 0. The van der Waals surface area contributed by atoms with E-state index in [2.05, 4.69) is 20.7 Å². The Labute approximate surface area is 177 Å². The second-order valence-electron chi connectivity index (χ2n) is 6.10. The van der Waals surface area contributed by atoms with E-state index in [1.807, 2.05) is 22.9 Å². The Hall–Kier alpha value is -3.64. The minimum absolute atomic E-state index is 0.102. The van der Waals surface area contributed by atoms with E-state index in [4.69, 9.17) is 0 Å². The van der Waals surface area contributed by atoms with E-state index in [1.54, 1.807) is 15.9 Å². The quantitative estimate of drug-likeness (QED) is 0.268. The predicted octanol–water partition coefficient (Wildman–Crippen LogP) is 2.72. The van der Waals surface area contributed by atoms with Crippen molar-refractivity contribution < 1.29 is 14.5 Å². The van der Waals surface area contributed by atoms with Gasteiger partial charge < -0.3 is 10.6 Å². The first-order valence-electron chi connectivity index (χ1n) is 8.72. The molecule has 0 atom stereocenters.